The Morgan fingerprint density at radius 2 is 1.86 bits per heavy atom. The van der Waals surface area contributed by atoms with Gasteiger partial charge in [-0.3, -0.25) is 0 Å². The normalized spacial score (nSPS) is 10.3. The van der Waals surface area contributed by atoms with Crippen LogP contribution in [0.5, 0.6) is 5.75 Å². The van der Waals surface area contributed by atoms with E-state index in [-0.39, 0.29) is 5.56 Å². The summed E-state index contributed by atoms with van der Waals surface area (Å²) in [6, 6.07) is 15.5. The number of aromatic carboxylic acids is 1. The number of carboxylic acid groups (broad SMARTS) is 1. The van der Waals surface area contributed by atoms with Gasteiger partial charge in [0.2, 0.25) is 0 Å². The average molecular weight is 284 g/mol. The van der Waals surface area contributed by atoms with Gasteiger partial charge in [0, 0.05) is 0 Å². The fraction of sp³-hybridized carbons (Fsp3) is 0.278. The number of ether oxygens (including phenoxy) is 1. The van der Waals surface area contributed by atoms with Gasteiger partial charge in [0.1, 0.15) is 11.3 Å². The number of rotatable bonds is 7. The third-order valence-corrected chi connectivity index (χ3v) is 3.33. The molecular weight excluding hydrogens is 264 g/mol. The second-order valence-electron chi connectivity index (χ2n) is 5.10. The first-order chi connectivity index (χ1) is 10.2. The van der Waals surface area contributed by atoms with E-state index >= 15 is 0 Å². The lowest BCUT2D eigenvalue weighted by molar-refractivity contribution is 0.0692. The van der Waals surface area contributed by atoms with Gasteiger partial charge >= 0.3 is 5.97 Å². The van der Waals surface area contributed by atoms with Crippen molar-refractivity contribution < 1.29 is 14.6 Å². The van der Waals surface area contributed by atoms with Crippen molar-refractivity contribution in [1.29, 1.82) is 0 Å². The Labute approximate surface area is 125 Å². The summed E-state index contributed by atoms with van der Waals surface area (Å²) in [7, 11) is 0. The van der Waals surface area contributed by atoms with Crippen LogP contribution in [0.15, 0.2) is 48.5 Å². The van der Waals surface area contributed by atoms with Gasteiger partial charge in [-0.05, 0) is 49.4 Å². The molecular formula is C18H20O3. The molecule has 0 aliphatic carbocycles. The van der Waals surface area contributed by atoms with E-state index in [1.54, 1.807) is 18.2 Å². The Kier molecular flexibility index (Phi) is 5.38. The number of hydrogen-bond acceptors (Lipinski definition) is 2. The molecule has 0 atom stereocenters. The van der Waals surface area contributed by atoms with Crippen molar-refractivity contribution in [3.8, 4) is 5.75 Å². The van der Waals surface area contributed by atoms with Gasteiger partial charge in [-0.1, -0.05) is 36.4 Å². The Morgan fingerprint density at radius 1 is 1.10 bits per heavy atom. The molecule has 0 aliphatic rings. The van der Waals surface area contributed by atoms with E-state index in [1.165, 1.54) is 5.56 Å². The molecule has 0 aromatic heterocycles. The molecule has 21 heavy (non-hydrogen) atoms. The molecule has 2 aromatic carbocycles. The van der Waals surface area contributed by atoms with Crippen LogP contribution < -0.4 is 4.74 Å². The molecule has 0 bridgehead atoms. The van der Waals surface area contributed by atoms with Crippen molar-refractivity contribution in [1.82, 2.24) is 0 Å². The van der Waals surface area contributed by atoms with Gasteiger partial charge in [-0.2, -0.15) is 0 Å². The maximum Gasteiger partial charge on any atom is 0.339 e. The molecule has 0 amide bonds. The summed E-state index contributed by atoms with van der Waals surface area (Å²) in [5.41, 5.74) is 2.54. The number of carboxylic acids is 1. The Hall–Kier alpha value is -2.29. The molecule has 3 heteroatoms. The van der Waals surface area contributed by atoms with Gasteiger partial charge in [0.15, 0.2) is 0 Å². The maximum absolute atomic E-state index is 11.1. The highest BCUT2D eigenvalue weighted by Crippen LogP contribution is 2.20. The van der Waals surface area contributed by atoms with Crippen LogP contribution in [0.25, 0.3) is 0 Å². The van der Waals surface area contributed by atoms with Crippen molar-refractivity contribution in [2.24, 2.45) is 0 Å². The first kappa shape index (κ1) is 15.1. The van der Waals surface area contributed by atoms with Gasteiger partial charge in [-0.25, -0.2) is 4.79 Å². The van der Waals surface area contributed by atoms with Gasteiger partial charge in [-0.15, -0.1) is 0 Å². The zero-order valence-corrected chi connectivity index (χ0v) is 12.2. The molecule has 2 rings (SSSR count). The first-order valence-electron chi connectivity index (χ1n) is 7.17. The molecule has 2 aromatic rings. The molecule has 3 nitrogen and oxygen atoms in total. The summed E-state index contributed by atoms with van der Waals surface area (Å²) >= 11 is 0. The minimum atomic E-state index is -0.950. The van der Waals surface area contributed by atoms with E-state index in [0.717, 1.165) is 24.8 Å². The molecule has 0 aliphatic heterocycles. The number of carbonyl (C=O) groups is 1. The van der Waals surface area contributed by atoms with E-state index in [1.807, 2.05) is 25.1 Å². The second kappa shape index (κ2) is 7.48. The molecule has 110 valence electrons. The zero-order valence-electron chi connectivity index (χ0n) is 12.2. The maximum atomic E-state index is 11.1. The number of unbranched alkanes of at least 4 members (excludes halogenated alkanes) is 1. The van der Waals surface area contributed by atoms with Gasteiger partial charge in [0.25, 0.3) is 0 Å². The second-order valence-corrected chi connectivity index (χ2v) is 5.10. The molecule has 0 saturated carbocycles. The third kappa shape index (κ3) is 4.63. The summed E-state index contributed by atoms with van der Waals surface area (Å²) in [5, 5.41) is 9.13. The van der Waals surface area contributed by atoms with Crippen molar-refractivity contribution in [3.63, 3.8) is 0 Å². The Balaban J connectivity index is 1.81. The quantitative estimate of drug-likeness (QED) is 0.779. The largest absolute Gasteiger partial charge is 0.493 e. The van der Waals surface area contributed by atoms with Crippen LogP contribution in [0.2, 0.25) is 0 Å². The first-order valence-corrected chi connectivity index (χ1v) is 7.17. The smallest absolute Gasteiger partial charge is 0.339 e. The zero-order chi connectivity index (χ0) is 15.1. The van der Waals surface area contributed by atoms with Crippen LogP contribution in [-0.2, 0) is 6.42 Å². The van der Waals surface area contributed by atoms with E-state index in [4.69, 9.17) is 9.84 Å². The predicted molar refractivity (Wildman–Crippen MR) is 83.0 cm³/mol. The highest BCUT2D eigenvalue weighted by Gasteiger charge is 2.10. The van der Waals surface area contributed by atoms with Gasteiger partial charge < -0.3 is 9.84 Å². The topological polar surface area (TPSA) is 46.5 Å². The minimum Gasteiger partial charge on any atom is -0.493 e. The lowest BCUT2D eigenvalue weighted by Crippen LogP contribution is -2.05. The fourth-order valence-corrected chi connectivity index (χ4v) is 2.18. The average Bonchev–Trinajstić information content (AvgIpc) is 2.48. The van der Waals surface area contributed by atoms with E-state index in [2.05, 4.69) is 12.1 Å². The fourth-order valence-electron chi connectivity index (χ4n) is 2.18. The molecule has 0 fully saturated rings. The highest BCUT2D eigenvalue weighted by molar-refractivity contribution is 5.90. The summed E-state index contributed by atoms with van der Waals surface area (Å²) in [6.07, 6.45) is 2.95. The molecule has 0 saturated heterocycles. The summed E-state index contributed by atoms with van der Waals surface area (Å²) < 4.78 is 5.64. The molecule has 0 radical (unpaired) electrons. The van der Waals surface area contributed by atoms with Crippen LogP contribution in [0, 0.1) is 6.92 Å². The lowest BCUT2D eigenvalue weighted by Gasteiger charge is -2.10. The van der Waals surface area contributed by atoms with Crippen molar-refractivity contribution in [2.45, 2.75) is 26.2 Å². The summed E-state index contributed by atoms with van der Waals surface area (Å²) in [4.78, 5) is 11.1. The minimum absolute atomic E-state index is 0.226. The predicted octanol–water partition coefficient (Wildman–Crippen LogP) is 4.09. The SMILES string of the molecule is Cc1ccc(C(=O)O)c(OCCCCc2ccccc2)c1. The van der Waals surface area contributed by atoms with Crippen molar-refractivity contribution in [2.75, 3.05) is 6.61 Å². The molecule has 0 spiro atoms. The summed E-state index contributed by atoms with van der Waals surface area (Å²) in [5.74, 6) is -0.489. The number of hydrogen-bond donors (Lipinski definition) is 1. The molecule has 0 heterocycles. The van der Waals surface area contributed by atoms with Gasteiger partial charge in [0.05, 0.1) is 6.61 Å². The number of benzene rings is 2. The summed E-state index contributed by atoms with van der Waals surface area (Å²) in [6.45, 7) is 2.46. The van der Waals surface area contributed by atoms with Crippen molar-refractivity contribution in [3.05, 3.63) is 65.2 Å². The van der Waals surface area contributed by atoms with Crippen LogP contribution >= 0.6 is 0 Å². The molecule has 0 unspecified atom stereocenters. The van der Waals surface area contributed by atoms with Crippen LogP contribution in [-0.4, -0.2) is 17.7 Å². The van der Waals surface area contributed by atoms with Crippen molar-refractivity contribution >= 4 is 5.97 Å². The van der Waals surface area contributed by atoms with E-state index in [9.17, 15) is 4.79 Å². The Morgan fingerprint density at radius 3 is 2.57 bits per heavy atom. The van der Waals surface area contributed by atoms with Crippen LogP contribution in [0.4, 0.5) is 0 Å². The highest BCUT2D eigenvalue weighted by atomic mass is 16.5. The Bertz CT molecular complexity index is 591. The molecule has 1 N–H and O–H groups in total. The monoisotopic (exact) mass is 284 g/mol. The van der Waals surface area contributed by atoms with Crippen LogP contribution in [0.3, 0.4) is 0 Å². The third-order valence-electron chi connectivity index (χ3n) is 3.33. The van der Waals surface area contributed by atoms with E-state index < -0.39 is 5.97 Å². The lowest BCUT2D eigenvalue weighted by atomic mass is 10.1. The standard InChI is InChI=1S/C18H20O3/c1-14-10-11-16(18(19)20)17(13-14)21-12-6-5-9-15-7-3-2-4-8-15/h2-4,7-8,10-11,13H,5-6,9,12H2,1H3,(H,19,20). The van der Waals surface area contributed by atoms with Crippen LogP contribution in [0.1, 0.15) is 34.3 Å². The van der Waals surface area contributed by atoms with E-state index in [0.29, 0.717) is 12.4 Å². The number of aryl methyl sites for hydroxylation is 2.